The minimum atomic E-state index is -0.395. The molecule has 0 aliphatic heterocycles. The molecule has 0 atom stereocenters. The van der Waals surface area contributed by atoms with E-state index in [9.17, 15) is 4.79 Å². The first kappa shape index (κ1) is 14.3. The molecule has 3 aromatic rings. The van der Waals surface area contributed by atoms with Gasteiger partial charge in [-0.05, 0) is 36.4 Å². The molecule has 1 aromatic heterocycles. The van der Waals surface area contributed by atoms with Gasteiger partial charge in [-0.3, -0.25) is 0 Å². The average molecular weight is 315 g/mol. The fourth-order valence-corrected chi connectivity index (χ4v) is 2.17. The molecule has 0 aliphatic carbocycles. The Bertz CT molecular complexity index is 812. The predicted octanol–water partition coefficient (Wildman–Crippen LogP) is 3.84. The van der Waals surface area contributed by atoms with Crippen molar-refractivity contribution in [2.75, 3.05) is 7.11 Å². The summed E-state index contributed by atoms with van der Waals surface area (Å²) in [5.74, 6) is 0.304. The third kappa shape index (κ3) is 2.71. The van der Waals surface area contributed by atoms with E-state index >= 15 is 0 Å². The van der Waals surface area contributed by atoms with Crippen LogP contribution in [0.4, 0.5) is 0 Å². The summed E-state index contributed by atoms with van der Waals surface area (Å²) in [6, 6.07) is 13.9. The molecule has 0 unspecified atom stereocenters. The predicted molar refractivity (Wildman–Crippen MR) is 81.5 cm³/mol. The molecule has 0 saturated heterocycles. The second-order valence-corrected chi connectivity index (χ2v) is 4.87. The number of esters is 1. The van der Waals surface area contributed by atoms with Crippen LogP contribution >= 0.6 is 11.6 Å². The monoisotopic (exact) mass is 314 g/mol. The lowest BCUT2D eigenvalue weighted by Gasteiger charge is -2.00. The SMILES string of the molecule is COC(=O)c1ccc(-c2nnc(-c3ccccc3Cl)o2)cc1. The zero-order valence-electron chi connectivity index (χ0n) is 11.6. The summed E-state index contributed by atoms with van der Waals surface area (Å²) in [5, 5.41) is 8.55. The number of aromatic nitrogens is 2. The van der Waals surface area contributed by atoms with Gasteiger partial charge in [0.15, 0.2) is 0 Å². The Hall–Kier alpha value is -2.66. The minimum absolute atomic E-state index is 0.345. The molecular weight excluding hydrogens is 304 g/mol. The first-order valence-electron chi connectivity index (χ1n) is 6.46. The van der Waals surface area contributed by atoms with E-state index in [0.29, 0.717) is 33.5 Å². The summed E-state index contributed by atoms with van der Waals surface area (Å²) >= 11 is 6.11. The van der Waals surface area contributed by atoms with E-state index in [1.54, 1.807) is 36.4 Å². The van der Waals surface area contributed by atoms with E-state index in [0.717, 1.165) is 0 Å². The Kier molecular flexibility index (Phi) is 3.89. The average Bonchev–Trinajstić information content (AvgIpc) is 3.04. The lowest BCUT2D eigenvalue weighted by atomic mass is 10.1. The van der Waals surface area contributed by atoms with Crippen molar-refractivity contribution >= 4 is 17.6 Å². The lowest BCUT2D eigenvalue weighted by molar-refractivity contribution is 0.0601. The second kappa shape index (κ2) is 5.99. The molecule has 1 heterocycles. The van der Waals surface area contributed by atoms with Gasteiger partial charge in [-0.25, -0.2) is 4.79 Å². The smallest absolute Gasteiger partial charge is 0.337 e. The molecule has 0 saturated carbocycles. The van der Waals surface area contributed by atoms with Crippen LogP contribution in [0.3, 0.4) is 0 Å². The molecule has 2 aromatic carbocycles. The fraction of sp³-hybridized carbons (Fsp3) is 0.0625. The zero-order valence-corrected chi connectivity index (χ0v) is 12.4. The Morgan fingerprint density at radius 1 is 1.05 bits per heavy atom. The van der Waals surface area contributed by atoms with Crippen molar-refractivity contribution in [1.82, 2.24) is 10.2 Å². The molecule has 0 aliphatic rings. The van der Waals surface area contributed by atoms with E-state index in [2.05, 4.69) is 14.9 Å². The molecule has 0 bridgehead atoms. The van der Waals surface area contributed by atoms with Crippen molar-refractivity contribution in [1.29, 1.82) is 0 Å². The molecule has 0 amide bonds. The Morgan fingerprint density at radius 3 is 2.41 bits per heavy atom. The molecule has 6 heteroatoms. The molecule has 22 heavy (non-hydrogen) atoms. The molecule has 0 N–H and O–H groups in total. The highest BCUT2D eigenvalue weighted by Crippen LogP contribution is 2.29. The summed E-state index contributed by atoms with van der Waals surface area (Å²) in [6.07, 6.45) is 0. The molecule has 5 nitrogen and oxygen atoms in total. The van der Waals surface area contributed by atoms with Crippen LogP contribution in [0.5, 0.6) is 0 Å². The van der Waals surface area contributed by atoms with Gasteiger partial charge >= 0.3 is 5.97 Å². The first-order valence-corrected chi connectivity index (χ1v) is 6.84. The number of carbonyl (C=O) groups excluding carboxylic acids is 1. The number of benzene rings is 2. The summed E-state index contributed by atoms with van der Waals surface area (Å²) in [7, 11) is 1.34. The number of hydrogen-bond acceptors (Lipinski definition) is 5. The fourth-order valence-electron chi connectivity index (χ4n) is 1.95. The van der Waals surface area contributed by atoms with Gasteiger partial charge in [0.2, 0.25) is 11.8 Å². The topological polar surface area (TPSA) is 65.2 Å². The standard InChI is InChI=1S/C16H11ClN2O3/c1-21-16(20)11-8-6-10(7-9-11)14-18-19-15(22-14)12-4-2-3-5-13(12)17/h2-9H,1H3. The van der Waals surface area contributed by atoms with Crippen molar-refractivity contribution in [3.8, 4) is 22.9 Å². The van der Waals surface area contributed by atoms with Crippen LogP contribution in [0.1, 0.15) is 10.4 Å². The zero-order chi connectivity index (χ0) is 15.5. The number of hydrogen-bond donors (Lipinski definition) is 0. The van der Waals surface area contributed by atoms with Crippen LogP contribution in [0.2, 0.25) is 5.02 Å². The summed E-state index contributed by atoms with van der Waals surface area (Å²) < 4.78 is 10.3. The molecule has 110 valence electrons. The molecule has 3 rings (SSSR count). The Morgan fingerprint density at radius 2 is 1.73 bits per heavy atom. The molecule has 0 radical (unpaired) electrons. The minimum Gasteiger partial charge on any atom is -0.465 e. The van der Waals surface area contributed by atoms with Crippen molar-refractivity contribution in [2.24, 2.45) is 0 Å². The van der Waals surface area contributed by atoms with Crippen LogP contribution in [-0.2, 0) is 4.74 Å². The van der Waals surface area contributed by atoms with Crippen molar-refractivity contribution in [3.05, 3.63) is 59.1 Å². The Labute approximate surface area is 131 Å². The van der Waals surface area contributed by atoms with E-state index in [-0.39, 0.29) is 0 Å². The third-order valence-electron chi connectivity index (χ3n) is 3.08. The van der Waals surface area contributed by atoms with Gasteiger partial charge in [-0.1, -0.05) is 23.7 Å². The lowest BCUT2D eigenvalue weighted by Crippen LogP contribution is -2.00. The van der Waals surface area contributed by atoms with Gasteiger partial charge in [0.1, 0.15) is 0 Å². The largest absolute Gasteiger partial charge is 0.465 e. The van der Waals surface area contributed by atoms with Crippen LogP contribution in [0.25, 0.3) is 22.9 Å². The highest BCUT2D eigenvalue weighted by Gasteiger charge is 2.13. The third-order valence-corrected chi connectivity index (χ3v) is 3.41. The van der Waals surface area contributed by atoms with Gasteiger partial charge in [0.05, 0.1) is 23.3 Å². The van der Waals surface area contributed by atoms with E-state index in [1.165, 1.54) is 7.11 Å². The van der Waals surface area contributed by atoms with Crippen LogP contribution in [0, 0.1) is 0 Å². The number of rotatable bonds is 3. The van der Waals surface area contributed by atoms with E-state index in [4.69, 9.17) is 16.0 Å². The molecule has 0 spiro atoms. The number of methoxy groups -OCH3 is 1. The molecule has 0 fully saturated rings. The normalized spacial score (nSPS) is 10.5. The van der Waals surface area contributed by atoms with Crippen molar-refractivity contribution in [2.45, 2.75) is 0 Å². The number of nitrogens with zero attached hydrogens (tertiary/aromatic N) is 2. The van der Waals surface area contributed by atoms with Gasteiger partial charge in [0.25, 0.3) is 0 Å². The maximum Gasteiger partial charge on any atom is 0.337 e. The summed E-state index contributed by atoms with van der Waals surface area (Å²) in [5.41, 5.74) is 1.84. The van der Waals surface area contributed by atoms with Gasteiger partial charge in [0, 0.05) is 5.56 Å². The summed E-state index contributed by atoms with van der Waals surface area (Å²) in [4.78, 5) is 11.4. The van der Waals surface area contributed by atoms with E-state index in [1.807, 2.05) is 12.1 Å². The van der Waals surface area contributed by atoms with Crippen LogP contribution < -0.4 is 0 Å². The van der Waals surface area contributed by atoms with Crippen molar-refractivity contribution < 1.29 is 13.9 Å². The van der Waals surface area contributed by atoms with Crippen molar-refractivity contribution in [3.63, 3.8) is 0 Å². The number of carbonyl (C=O) groups is 1. The molecular formula is C16H11ClN2O3. The Balaban J connectivity index is 1.91. The first-order chi connectivity index (χ1) is 10.7. The van der Waals surface area contributed by atoms with Gasteiger partial charge < -0.3 is 9.15 Å². The maximum absolute atomic E-state index is 11.4. The quantitative estimate of drug-likeness (QED) is 0.687. The second-order valence-electron chi connectivity index (χ2n) is 4.46. The number of halogens is 1. The van der Waals surface area contributed by atoms with Crippen LogP contribution in [-0.4, -0.2) is 23.3 Å². The van der Waals surface area contributed by atoms with Gasteiger partial charge in [-0.2, -0.15) is 0 Å². The summed E-state index contributed by atoms with van der Waals surface area (Å²) in [6.45, 7) is 0. The van der Waals surface area contributed by atoms with Gasteiger partial charge in [-0.15, -0.1) is 10.2 Å². The number of ether oxygens (including phenoxy) is 1. The van der Waals surface area contributed by atoms with E-state index < -0.39 is 5.97 Å². The highest BCUT2D eigenvalue weighted by atomic mass is 35.5. The maximum atomic E-state index is 11.4. The van der Waals surface area contributed by atoms with Crippen LogP contribution in [0.15, 0.2) is 52.9 Å². The highest BCUT2D eigenvalue weighted by molar-refractivity contribution is 6.33.